The number of furan rings is 1. The molecule has 0 spiro atoms. The van der Waals surface area contributed by atoms with Crippen LogP contribution >= 0.6 is 28.3 Å². The highest BCUT2D eigenvalue weighted by Gasteiger charge is 2.40. The number of halogens is 2. The van der Waals surface area contributed by atoms with Crippen molar-refractivity contribution in [1.29, 1.82) is 0 Å². The van der Waals surface area contributed by atoms with E-state index in [4.69, 9.17) is 10.2 Å². The molecule has 130 valence electrons. The maximum absolute atomic E-state index is 12.6. The summed E-state index contributed by atoms with van der Waals surface area (Å²) >= 11 is 3.44. The molecule has 0 aliphatic heterocycles. The normalized spacial score (nSPS) is 29.1. The van der Waals surface area contributed by atoms with Crippen LogP contribution in [-0.4, -0.2) is 18.0 Å². The number of benzene rings is 1. The number of carbonyl (C=O) groups is 1. The Balaban J connectivity index is 0.00000169. The van der Waals surface area contributed by atoms with Crippen molar-refractivity contribution in [3.63, 3.8) is 0 Å². The van der Waals surface area contributed by atoms with Crippen molar-refractivity contribution in [3.05, 3.63) is 34.5 Å². The number of amides is 1. The van der Waals surface area contributed by atoms with E-state index in [2.05, 4.69) is 21.2 Å². The van der Waals surface area contributed by atoms with Crippen LogP contribution in [0.1, 0.15) is 42.7 Å². The number of hydrogen-bond acceptors (Lipinski definition) is 3. The monoisotopic (exact) mass is 412 g/mol. The van der Waals surface area contributed by atoms with Gasteiger partial charge in [-0.2, -0.15) is 0 Å². The highest BCUT2D eigenvalue weighted by Crippen LogP contribution is 2.39. The average Bonchev–Trinajstić information content (AvgIpc) is 2.91. The molecule has 4 rings (SSSR count). The number of rotatable bonds is 2. The summed E-state index contributed by atoms with van der Waals surface area (Å²) in [7, 11) is 0. The molecule has 2 saturated carbocycles. The largest absolute Gasteiger partial charge is 0.451 e. The molecular formula is C18H22BrClN2O2. The Hall–Kier alpha value is -1.04. The SMILES string of the molecule is Cl.NC1CC2CCCC(C1)C2NC(=O)c1cc2cc(Br)ccc2o1. The van der Waals surface area contributed by atoms with E-state index >= 15 is 0 Å². The highest BCUT2D eigenvalue weighted by molar-refractivity contribution is 9.10. The van der Waals surface area contributed by atoms with E-state index in [9.17, 15) is 4.79 Å². The molecule has 1 amide bonds. The van der Waals surface area contributed by atoms with Crippen LogP contribution in [0.3, 0.4) is 0 Å². The van der Waals surface area contributed by atoms with Gasteiger partial charge in [0.2, 0.25) is 0 Å². The van der Waals surface area contributed by atoms with E-state index in [0.29, 0.717) is 23.6 Å². The molecule has 2 unspecified atom stereocenters. The Morgan fingerprint density at radius 2 is 1.92 bits per heavy atom. The van der Waals surface area contributed by atoms with Crippen molar-refractivity contribution in [2.24, 2.45) is 17.6 Å². The van der Waals surface area contributed by atoms with Gasteiger partial charge in [-0.3, -0.25) is 4.79 Å². The lowest BCUT2D eigenvalue weighted by atomic mass is 9.67. The third-order valence-corrected chi connectivity index (χ3v) is 5.87. The molecule has 2 atom stereocenters. The van der Waals surface area contributed by atoms with E-state index in [1.807, 2.05) is 24.3 Å². The zero-order chi connectivity index (χ0) is 16.0. The van der Waals surface area contributed by atoms with Crippen LogP contribution in [0, 0.1) is 11.8 Å². The zero-order valence-electron chi connectivity index (χ0n) is 13.3. The van der Waals surface area contributed by atoms with Gasteiger partial charge in [-0.15, -0.1) is 12.4 Å². The molecule has 0 saturated heterocycles. The van der Waals surface area contributed by atoms with Crippen LogP contribution in [-0.2, 0) is 0 Å². The quantitative estimate of drug-likeness (QED) is 0.773. The molecule has 1 heterocycles. The van der Waals surface area contributed by atoms with Gasteiger partial charge in [-0.25, -0.2) is 0 Å². The molecule has 2 aromatic rings. The molecule has 2 aliphatic carbocycles. The van der Waals surface area contributed by atoms with Crippen molar-refractivity contribution in [1.82, 2.24) is 5.32 Å². The highest BCUT2D eigenvalue weighted by atomic mass is 79.9. The van der Waals surface area contributed by atoms with Gasteiger partial charge in [-0.1, -0.05) is 22.4 Å². The lowest BCUT2D eigenvalue weighted by molar-refractivity contribution is 0.0734. The number of carbonyl (C=O) groups excluding carboxylic acids is 1. The Bertz CT molecular complexity index is 734. The summed E-state index contributed by atoms with van der Waals surface area (Å²) in [5, 5.41) is 4.17. The van der Waals surface area contributed by atoms with Gasteiger partial charge in [0.15, 0.2) is 5.76 Å². The zero-order valence-corrected chi connectivity index (χ0v) is 15.7. The fraction of sp³-hybridized carbons (Fsp3) is 0.500. The van der Waals surface area contributed by atoms with Crippen molar-refractivity contribution >= 4 is 45.2 Å². The number of nitrogens with two attached hydrogens (primary N) is 1. The first-order valence-electron chi connectivity index (χ1n) is 8.35. The second kappa shape index (κ2) is 7.06. The van der Waals surface area contributed by atoms with E-state index in [-0.39, 0.29) is 24.4 Å². The molecule has 1 aromatic carbocycles. The maximum Gasteiger partial charge on any atom is 0.287 e. The summed E-state index contributed by atoms with van der Waals surface area (Å²) in [5.41, 5.74) is 6.90. The number of hydrogen-bond donors (Lipinski definition) is 2. The van der Waals surface area contributed by atoms with Crippen LogP contribution in [0.15, 0.2) is 33.2 Å². The summed E-state index contributed by atoms with van der Waals surface area (Å²) < 4.78 is 6.69. The van der Waals surface area contributed by atoms with E-state index in [0.717, 1.165) is 28.3 Å². The molecule has 2 bridgehead atoms. The van der Waals surface area contributed by atoms with Gasteiger partial charge >= 0.3 is 0 Å². The Morgan fingerprint density at radius 1 is 1.21 bits per heavy atom. The van der Waals surface area contributed by atoms with E-state index in [1.54, 1.807) is 0 Å². The first kappa shape index (κ1) is 17.8. The second-order valence-electron chi connectivity index (χ2n) is 6.97. The summed E-state index contributed by atoms with van der Waals surface area (Å²) in [6.07, 6.45) is 5.64. The van der Waals surface area contributed by atoms with Crippen LogP contribution in [0.4, 0.5) is 0 Å². The minimum Gasteiger partial charge on any atom is -0.451 e. The first-order valence-corrected chi connectivity index (χ1v) is 9.15. The lowest BCUT2D eigenvalue weighted by Gasteiger charge is -2.45. The smallest absolute Gasteiger partial charge is 0.287 e. The predicted octanol–water partition coefficient (Wildman–Crippen LogP) is 4.25. The van der Waals surface area contributed by atoms with Crippen molar-refractivity contribution in [3.8, 4) is 0 Å². The molecular weight excluding hydrogens is 392 g/mol. The predicted molar refractivity (Wildman–Crippen MR) is 100 cm³/mol. The fourth-order valence-corrected chi connectivity index (χ4v) is 4.75. The van der Waals surface area contributed by atoms with Gasteiger partial charge in [0, 0.05) is 21.9 Å². The van der Waals surface area contributed by atoms with Crippen LogP contribution in [0.2, 0.25) is 0 Å². The molecule has 2 aliphatic rings. The van der Waals surface area contributed by atoms with Crippen molar-refractivity contribution in [2.75, 3.05) is 0 Å². The Morgan fingerprint density at radius 3 is 2.62 bits per heavy atom. The third kappa shape index (κ3) is 3.35. The number of fused-ring (bicyclic) bond motifs is 3. The molecule has 2 fully saturated rings. The minimum absolute atomic E-state index is 0. The summed E-state index contributed by atoms with van der Waals surface area (Å²) in [6, 6.07) is 8.12. The molecule has 4 nitrogen and oxygen atoms in total. The molecule has 24 heavy (non-hydrogen) atoms. The summed E-state index contributed by atoms with van der Waals surface area (Å²) in [6.45, 7) is 0. The topological polar surface area (TPSA) is 68.3 Å². The fourth-order valence-electron chi connectivity index (χ4n) is 4.37. The van der Waals surface area contributed by atoms with Gasteiger partial charge in [0.1, 0.15) is 5.58 Å². The summed E-state index contributed by atoms with van der Waals surface area (Å²) in [4.78, 5) is 12.6. The lowest BCUT2D eigenvalue weighted by Crippen LogP contribution is -2.53. The van der Waals surface area contributed by atoms with Gasteiger partial charge < -0.3 is 15.5 Å². The maximum atomic E-state index is 12.6. The van der Waals surface area contributed by atoms with Crippen LogP contribution in [0.25, 0.3) is 11.0 Å². The molecule has 3 N–H and O–H groups in total. The van der Waals surface area contributed by atoms with E-state index < -0.39 is 0 Å². The molecule has 1 aromatic heterocycles. The molecule has 6 heteroatoms. The second-order valence-corrected chi connectivity index (χ2v) is 7.89. The van der Waals surface area contributed by atoms with Crippen LogP contribution < -0.4 is 11.1 Å². The summed E-state index contributed by atoms with van der Waals surface area (Å²) in [5.74, 6) is 1.32. The van der Waals surface area contributed by atoms with E-state index in [1.165, 1.54) is 19.3 Å². The average molecular weight is 414 g/mol. The number of nitrogens with one attached hydrogen (secondary N) is 1. The standard InChI is InChI=1S/C18H21BrN2O2.ClH/c19-13-4-5-15-12(6-13)9-16(23-15)18(22)21-17-10-2-1-3-11(17)8-14(20)7-10;/h4-6,9-11,14,17H,1-3,7-8,20H2,(H,21,22);1H. The Labute approximate surface area is 156 Å². The van der Waals surface area contributed by atoms with Gasteiger partial charge in [0.05, 0.1) is 0 Å². The van der Waals surface area contributed by atoms with Crippen LogP contribution in [0.5, 0.6) is 0 Å². The Kier molecular flexibility index (Phi) is 5.23. The van der Waals surface area contributed by atoms with Crippen molar-refractivity contribution in [2.45, 2.75) is 44.2 Å². The van der Waals surface area contributed by atoms with Crippen molar-refractivity contribution < 1.29 is 9.21 Å². The van der Waals surface area contributed by atoms with Gasteiger partial charge in [0.25, 0.3) is 5.91 Å². The first-order chi connectivity index (χ1) is 11.1. The minimum atomic E-state index is -0.102. The molecule has 0 radical (unpaired) electrons. The van der Waals surface area contributed by atoms with Gasteiger partial charge in [-0.05, 0) is 61.8 Å². The third-order valence-electron chi connectivity index (χ3n) is 5.38.